The highest BCUT2D eigenvalue weighted by molar-refractivity contribution is 7.90. The molecule has 0 amide bonds. The summed E-state index contributed by atoms with van der Waals surface area (Å²) in [7, 11) is -3.48. The standard InChI is InChI=1S/C6H5N3O2S/c10-12(11)6-1-2-7-3-5(6)8-4-9-12/h1-4H,(H,8,9). The third-order valence-electron chi connectivity index (χ3n) is 1.47. The number of pyridine rings is 1. The summed E-state index contributed by atoms with van der Waals surface area (Å²) in [5.74, 6) is 0. The van der Waals surface area contributed by atoms with E-state index >= 15 is 0 Å². The van der Waals surface area contributed by atoms with Gasteiger partial charge in [0.25, 0.3) is 10.0 Å². The molecule has 0 aromatic carbocycles. The van der Waals surface area contributed by atoms with Gasteiger partial charge in [-0.05, 0) is 6.07 Å². The molecule has 0 saturated carbocycles. The van der Waals surface area contributed by atoms with Crippen LogP contribution in [0.3, 0.4) is 0 Å². The van der Waals surface area contributed by atoms with Gasteiger partial charge in [-0.15, -0.1) is 4.40 Å². The van der Waals surface area contributed by atoms with E-state index in [1.54, 1.807) is 0 Å². The highest BCUT2D eigenvalue weighted by Gasteiger charge is 2.19. The van der Waals surface area contributed by atoms with E-state index in [4.69, 9.17) is 0 Å². The highest BCUT2D eigenvalue weighted by atomic mass is 32.2. The molecule has 2 heterocycles. The van der Waals surface area contributed by atoms with Crippen molar-refractivity contribution in [3.63, 3.8) is 0 Å². The summed E-state index contributed by atoms with van der Waals surface area (Å²) >= 11 is 0. The molecule has 0 fully saturated rings. The first-order valence-electron chi connectivity index (χ1n) is 3.19. The number of hydrogen-bond acceptors (Lipinski definition) is 4. The van der Waals surface area contributed by atoms with Crippen LogP contribution in [0.5, 0.6) is 0 Å². The van der Waals surface area contributed by atoms with Crippen LogP contribution in [-0.4, -0.2) is 19.7 Å². The molecule has 0 bridgehead atoms. The monoisotopic (exact) mass is 183 g/mol. The fraction of sp³-hybridized carbons (Fsp3) is 0. The molecule has 1 aromatic heterocycles. The van der Waals surface area contributed by atoms with E-state index in [-0.39, 0.29) is 4.90 Å². The van der Waals surface area contributed by atoms with Gasteiger partial charge in [0.05, 0.1) is 11.9 Å². The molecular formula is C6H5N3O2S. The first-order valence-corrected chi connectivity index (χ1v) is 4.63. The molecule has 12 heavy (non-hydrogen) atoms. The Balaban J connectivity index is 2.75. The van der Waals surface area contributed by atoms with Crippen molar-refractivity contribution in [3.05, 3.63) is 18.5 Å². The molecule has 62 valence electrons. The smallest absolute Gasteiger partial charge is 0.285 e. The molecular weight excluding hydrogens is 178 g/mol. The van der Waals surface area contributed by atoms with Gasteiger partial charge in [-0.25, -0.2) is 0 Å². The van der Waals surface area contributed by atoms with Crippen LogP contribution in [-0.2, 0) is 10.0 Å². The maximum Gasteiger partial charge on any atom is 0.285 e. The van der Waals surface area contributed by atoms with Crippen molar-refractivity contribution in [1.82, 2.24) is 4.98 Å². The average molecular weight is 183 g/mol. The van der Waals surface area contributed by atoms with Crippen molar-refractivity contribution in [1.29, 1.82) is 0 Å². The SMILES string of the molecule is O=S1(=O)N=CNc2cnccc21. The minimum absolute atomic E-state index is 0.167. The van der Waals surface area contributed by atoms with E-state index in [2.05, 4.69) is 14.7 Å². The summed E-state index contributed by atoms with van der Waals surface area (Å²) in [5.41, 5.74) is 0.465. The Kier molecular flexibility index (Phi) is 1.37. The Bertz CT molecular complexity index is 438. The van der Waals surface area contributed by atoms with Crippen LogP contribution in [0.2, 0.25) is 0 Å². The lowest BCUT2D eigenvalue weighted by Crippen LogP contribution is -2.11. The van der Waals surface area contributed by atoms with Gasteiger partial charge in [0, 0.05) is 6.20 Å². The first-order chi connectivity index (χ1) is 5.70. The van der Waals surface area contributed by atoms with Crippen molar-refractivity contribution in [2.24, 2.45) is 4.40 Å². The molecule has 0 spiro atoms. The summed E-state index contributed by atoms with van der Waals surface area (Å²) in [6, 6.07) is 1.41. The summed E-state index contributed by atoms with van der Waals surface area (Å²) in [6.45, 7) is 0. The fourth-order valence-electron chi connectivity index (χ4n) is 0.937. The number of nitrogens with zero attached hydrogens (tertiary/aromatic N) is 2. The number of aromatic nitrogens is 1. The van der Waals surface area contributed by atoms with Crippen LogP contribution in [0.4, 0.5) is 5.69 Å². The van der Waals surface area contributed by atoms with Gasteiger partial charge in [-0.1, -0.05) is 0 Å². The Hall–Kier alpha value is -1.43. The van der Waals surface area contributed by atoms with Crippen molar-refractivity contribution >= 4 is 22.0 Å². The second-order valence-electron chi connectivity index (χ2n) is 2.23. The van der Waals surface area contributed by atoms with Gasteiger partial charge in [0.2, 0.25) is 0 Å². The Morgan fingerprint density at radius 3 is 3.00 bits per heavy atom. The number of nitrogens with one attached hydrogen (secondary N) is 1. The second kappa shape index (κ2) is 2.28. The van der Waals surface area contributed by atoms with Gasteiger partial charge in [-0.3, -0.25) is 4.98 Å². The number of hydrogen-bond donors (Lipinski definition) is 1. The van der Waals surface area contributed by atoms with E-state index in [0.717, 1.165) is 6.34 Å². The molecule has 0 unspecified atom stereocenters. The third-order valence-corrected chi connectivity index (χ3v) is 2.77. The zero-order valence-corrected chi connectivity index (χ0v) is 6.75. The second-order valence-corrected chi connectivity index (χ2v) is 3.83. The zero-order valence-electron chi connectivity index (χ0n) is 5.93. The van der Waals surface area contributed by atoms with E-state index in [1.165, 1.54) is 18.5 Å². The van der Waals surface area contributed by atoms with Crippen molar-refractivity contribution in [2.75, 3.05) is 5.32 Å². The normalized spacial score (nSPS) is 18.0. The van der Waals surface area contributed by atoms with Crippen LogP contribution in [0.1, 0.15) is 0 Å². The van der Waals surface area contributed by atoms with E-state index in [1.807, 2.05) is 0 Å². The predicted octanol–water partition coefficient (Wildman–Crippen LogP) is 0.224. The molecule has 1 aliphatic rings. The maximum absolute atomic E-state index is 11.2. The Morgan fingerprint density at radius 2 is 2.25 bits per heavy atom. The van der Waals surface area contributed by atoms with Crippen molar-refractivity contribution < 1.29 is 8.42 Å². The van der Waals surface area contributed by atoms with Crippen LogP contribution in [0, 0.1) is 0 Å². The van der Waals surface area contributed by atoms with Crippen LogP contribution >= 0.6 is 0 Å². The molecule has 0 radical (unpaired) electrons. The summed E-state index contributed by atoms with van der Waals surface area (Å²) in [5, 5.41) is 2.68. The number of sulfonamides is 1. The minimum atomic E-state index is -3.48. The number of anilines is 1. The van der Waals surface area contributed by atoms with Gasteiger partial charge in [0.15, 0.2) is 0 Å². The molecule has 1 aromatic rings. The lowest BCUT2D eigenvalue weighted by atomic mass is 10.4. The molecule has 6 heteroatoms. The zero-order chi connectivity index (χ0) is 8.60. The third kappa shape index (κ3) is 0.964. The molecule has 2 rings (SSSR count). The van der Waals surface area contributed by atoms with Crippen LogP contribution < -0.4 is 5.32 Å². The maximum atomic E-state index is 11.2. The quantitative estimate of drug-likeness (QED) is 0.624. The molecule has 5 nitrogen and oxygen atoms in total. The number of fused-ring (bicyclic) bond motifs is 1. The topological polar surface area (TPSA) is 71.4 Å². The molecule has 0 aliphatic carbocycles. The van der Waals surface area contributed by atoms with Crippen molar-refractivity contribution in [3.8, 4) is 0 Å². The van der Waals surface area contributed by atoms with Gasteiger partial charge in [-0.2, -0.15) is 8.42 Å². The van der Waals surface area contributed by atoms with Crippen LogP contribution in [0.15, 0.2) is 27.8 Å². The number of rotatable bonds is 0. The first kappa shape index (κ1) is 7.23. The minimum Gasteiger partial charge on any atom is -0.343 e. The lowest BCUT2D eigenvalue weighted by Gasteiger charge is -2.09. The van der Waals surface area contributed by atoms with Crippen molar-refractivity contribution in [2.45, 2.75) is 4.90 Å². The highest BCUT2D eigenvalue weighted by Crippen LogP contribution is 2.23. The molecule has 0 atom stereocenters. The summed E-state index contributed by atoms with van der Waals surface area (Å²) < 4.78 is 25.7. The average Bonchev–Trinajstić information content (AvgIpc) is 2.04. The largest absolute Gasteiger partial charge is 0.343 e. The molecule has 1 N–H and O–H groups in total. The molecule has 1 aliphatic heterocycles. The summed E-state index contributed by atoms with van der Waals surface area (Å²) in [6.07, 6.45) is 4.00. The summed E-state index contributed by atoms with van der Waals surface area (Å²) in [4.78, 5) is 3.94. The van der Waals surface area contributed by atoms with Gasteiger partial charge < -0.3 is 5.32 Å². The fourth-order valence-corrected chi connectivity index (χ4v) is 1.86. The van der Waals surface area contributed by atoms with Crippen LogP contribution in [0.25, 0.3) is 0 Å². The Morgan fingerprint density at radius 1 is 1.42 bits per heavy atom. The Labute approximate surface area is 69.2 Å². The van der Waals surface area contributed by atoms with E-state index in [0.29, 0.717) is 5.69 Å². The van der Waals surface area contributed by atoms with E-state index in [9.17, 15) is 8.42 Å². The lowest BCUT2D eigenvalue weighted by molar-refractivity contribution is 0.598. The molecule has 0 saturated heterocycles. The van der Waals surface area contributed by atoms with E-state index < -0.39 is 10.0 Å². The van der Waals surface area contributed by atoms with Gasteiger partial charge in [0.1, 0.15) is 11.2 Å². The van der Waals surface area contributed by atoms with Gasteiger partial charge >= 0.3 is 0 Å². The predicted molar refractivity (Wildman–Crippen MR) is 43.5 cm³/mol.